The molecule has 1 aromatic carbocycles. The average molecular weight is 532 g/mol. The summed E-state index contributed by atoms with van der Waals surface area (Å²) in [6.07, 6.45) is -1.22. The number of aromatic nitrogens is 2. The number of aryl methyl sites for hydroxylation is 1. The highest BCUT2D eigenvalue weighted by Crippen LogP contribution is 2.38. The first-order chi connectivity index (χ1) is 14.0. The molecule has 0 aliphatic rings. The predicted octanol–water partition coefficient (Wildman–Crippen LogP) is 5.64. The molecule has 0 radical (unpaired) electrons. The summed E-state index contributed by atoms with van der Waals surface area (Å²) in [5.74, 6) is -1.72. The van der Waals surface area contributed by atoms with Gasteiger partial charge in [0.2, 0.25) is 12.2 Å². The molecule has 0 aliphatic heterocycles. The fourth-order valence-corrected chi connectivity index (χ4v) is 3.59. The van der Waals surface area contributed by atoms with Crippen molar-refractivity contribution in [1.82, 2.24) is 9.78 Å². The summed E-state index contributed by atoms with van der Waals surface area (Å²) in [5, 5.41) is 3.05. The predicted molar refractivity (Wildman–Crippen MR) is 107 cm³/mol. The summed E-state index contributed by atoms with van der Waals surface area (Å²) in [5.41, 5.74) is -0.563. The molecular formula is C17H15BrClF3N2O5S. The van der Waals surface area contributed by atoms with Crippen LogP contribution in [-0.2, 0) is 16.5 Å². The lowest BCUT2D eigenvalue weighted by Gasteiger charge is -2.14. The third-order valence-electron chi connectivity index (χ3n) is 3.47. The number of carbonyl (C=O) groups is 2. The summed E-state index contributed by atoms with van der Waals surface area (Å²) in [6.45, 7) is -0.0518. The maximum absolute atomic E-state index is 14.5. The number of thioether (sulfide) groups is 1. The molecule has 0 aliphatic carbocycles. The number of hydrogen-bond donors (Lipinski definition) is 0. The molecule has 164 valence electrons. The van der Waals surface area contributed by atoms with Crippen LogP contribution in [0, 0.1) is 5.82 Å². The lowest BCUT2D eigenvalue weighted by molar-refractivity contribution is -0.0560. The number of nitrogens with zero attached hydrogens (tertiary/aromatic N) is 2. The van der Waals surface area contributed by atoms with Crippen LogP contribution in [0.3, 0.4) is 0 Å². The third-order valence-corrected chi connectivity index (χ3v) is 5.12. The Balaban J connectivity index is 2.35. The Morgan fingerprint density at radius 1 is 1.33 bits per heavy atom. The van der Waals surface area contributed by atoms with Gasteiger partial charge < -0.3 is 14.2 Å². The standard InChI is InChI=1S/C17H15BrClF3N2O5S/c1-4-30-17(26)28-7(2)27-15(25)8-5-9(11(20)6-10(8)19)13-12(18)14(24(3)23-13)29-16(21)22/h5-7,16H,4H2,1-3H3. The van der Waals surface area contributed by atoms with E-state index in [0.29, 0.717) is 5.75 Å². The molecule has 0 spiro atoms. The zero-order chi connectivity index (χ0) is 22.6. The second kappa shape index (κ2) is 10.4. The van der Waals surface area contributed by atoms with Crippen molar-refractivity contribution in [3.8, 4) is 17.1 Å². The van der Waals surface area contributed by atoms with E-state index in [-0.39, 0.29) is 32.2 Å². The van der Waals surface area contributed by atoms with E-state index in [9.17, 15) is 22.8 Å². The van der Waals surface area contributed by atoms with Crippen LogP contribution in [0.25, 0.3) is 11.3 Å². The number of esters is 1. The monoisotopic (exact) mass is 530 g/mol. The molecule has 1 unspecified atom stereocenters. The first-order valence-corrected chi connectivity index (χ1v) is 10.4. The first-order valence-electron chi connectivity index (χ1n) is 8.26. The van der Waals surface area contributed by atoms with E-state index in [1.54, 1.807) is 6.92 Å². The smallest absolute Gasteiger partial charge is 0.388 e. The van der Waals surface area contributed by atoms with Gasteiger partial charge in [-0.1, -0.05) is 18.5 Å². The molecule has 0 saturated carbocycles. The molecule has 0 amide bonds. The zero-order valence-electron chi connectivity index (χ0n) is 15.8. The van der Waals surface area contributed by atoms with Crippen LogP contribution in [0.15, 0.2) is 16.6 Å². The number of halogens is 5. The van der Waals surface area contributed by atoms with Crippen molar-refractivity contribution in [3.63, 3.8) is 0 Å². The van der Waals surface area contributed by atoms with Crippen LogP contribution in [0.2, 0.25) is 5.02 Å². The molecule has 13 heteroatoms. The van der Waals surface area contributed by atoms with Gasteiger partial charge in [-0.2, -0.15) is 13.9 Å². The van der Waals surface area contributed by atoms with Gasteiger partial charge in [0, 0.05) is 25.3 Å². The van der Waals surface area contributed by atoms with Gasteiger partial charge in [-0.15, -0.1) is 0 Å². The Morgan fingerprint density at radius 2 is 2.00 bits per heavy atom. The van der Waals surface area contributed by atoms with Gasteiger partial charge in [0.05, 0.1) is 10.6 Å². The molecule has 0 bridgehead atoms. The van der Waals surface area contributed by atoms with E-state index in [1.165, 1.54) is 14.0 Å². The van der Waals surface area contributed by atoms with Gasteiger partial charge in [-0.05, 0) is 39.8 Å². The average Bonchev–Trinajstić information content (AvgIpc) is 2.89. The highest BCUT2D eigenvalue weighted by Gasteiger charge is 2.25. The zero-order valence-corrected chi connectivity index (χ0v) is 18.9. The van der Waals surface area contributed by atoms with Crippen molar-refractivity contribution < 1.29 is 37.0 Å². The minimum absolute atomic E-state index is 0.0512. The van der Waals surface area contributed by atoms with E-state index in [0.717, 1.165) is 28.6 Å². The second-order valence-corrected chi connectivity index (χ2v) is 7.96. The minimum atomic E-state index is -3.12. The SMILES string of the molecule is CCSC(=O)OC(C)OC(=O)c1cc(-c2nn(C)c(OC(F)F)c2Br)c(F)cc1Cl. The summed E-state index contributed by atoms with van der Waals surface area (Å²) >= 11 is 9.89. The number of carbonyl (C=O) groups excluding carboxylic acids is 2. The van der Waals surface area contributed by atoms with Gasteiger partial charge in [0.15, 0.2) is 0 Å². The quantitative estimate of drug-likeness (QED) is 0.338. The summed E-state index contributed by atoms with van der Waals surface area (Å²) < 4.78 is 54.9. The van der Waals surface area contributed by atoms with Gasteiger partial charge >= 0.3 is 17.9 Å². The lowest BCUT2D eigenvalue weighted by atomic mass is 10.1. The van der Waals surface area contributed by atoms with Crippen molar-refractivity contribution in [2.45, 2.75) is 26.7 Å². The van der Waals surface area contributed by atoms with E-state index >= 15 is 0 Å². The van der Waals surface area contributed by atoms with Crippen LogP contribution in [0.5, 0.6) is 5.88 Å². The Morgan fingerprint density at radius 3 is 2.60 bits per heavy atom. The van der Waals surface area contributed by atoms with E-state index in [4.69, 9.17) is 21.1 Å². The van der Waals surface area contributed by atoms with Gasteiger partial charge in [0.1, 0.15) is 16.0 Å². The number of rotatable bonds is 7. The third kappa shape index (κ3) is 5.82. The Bertz CT molecular complexity index is 960. The highest BCUT2D eigenvalue weighted by atomic mass is 79.9. The van der Waals surface area contributed by atoms with Crippen molar-refractivity contribution >= 4 is 50.6 Å². The Kier molecular flexibility index (Phi) is 8.44. The summed E-state index contributed by atoms with van der Waals surface area (Å²) in [7, 11) is 1.32. The van der Waals surface area contributed by atoms with Crippen molar-refractivity contribution in [1.29, 1.82) is 0 Å². The molecule has 2 rings (SSSR count). The van der Waals surface area contributed by atoms with Crippen LogP contribution in [0.4, 0.5) is 18.0 Å². The lowest BCUT2D eigenvalue weighted by Crippen LogP contribution is -2.20. The van der Waals surface area contributed by atoms with Crippen LogP contribution in [-0.4, -0.2) is 39.7 Å². The highest BCUT2D eigenvalue weighted by molar-refractivity contribution is 9.10. The number of benzene rings is 1. The fraction of sp³-hybridized carbons (Fsp3) is 0.353. The molecule has 1 heterocycles. The molecule has 7 nitrogen and oxygen atoms in total. The van der Waals surface area contributed by atoms with Gasteiger partial charge in [-0.25, -0.2) is 18.7 Å². The van der Waals surface area contributed by atoms with E-state index in [2.05, 4.69) is 25.8 Å². The summed E-state index contributed by atoms with van der Waals surface area (Å²) in [4.78, 5) is 23.9. The molecule has 2 aromatic rings. The van der Waals surface area contributed by atoms with Crippen LogP contribution < -0.4 is 4.74 Å². The molecule has 0 fully saturated rings. The summed E-state index contributed by atoms with van der Waals surface area (Å²) in [6, 6.07) is 1.90. The Hall–Kier alpha value is -1.92. The van der Waals surface area contributed by atoms with Gasteiger partial charge in [-0.3, -0.25) is 0 Å². The topological polar surface area (TPSA) is 79.7 Å². The normalized spacial score (nSPS) is 12.0. The largest absolute Gasteiger partial charge is 0.422 e. The van der Waals surface area contributed by atoms with Crippen LogP contribution >= 0.6 is 39.3 Å². The van der Waals surface area contributed by atoms with Gasteiger partial charge in [0.25, 0.3) is 0 Å². The molecular weight excluding hydrogens is 517 g/mol. The number of hydrogen-bond acceptors (Lipinski definition) is 7. The first kappa shape index (κ1) is 24.4. The molecule has 0 N–H and O–H groups in total. The van der Waals surface area contributed by atoms with Crippen molar-refractivity contribution in [2.24, 2.45) is 7.05 Å². The number of ether oxygens (including phenoxy) is 3. The molecule has 1 aromatic heterocycles. The minimum Gasteiger partial charge on any atom is -0.422 e. The van der Waals surface area contributed by atoms with E-state index in [1.807, 2.05) is 0 Å². The molecule has 30 heavy (non-hydrogen) atoms. The van der Waals surface area contributed by atoms with E-state index < -0.39 is 30.0 Å². The Labute approximate surface area is 186 Å². The fourth-order valence-electron chi connectivity index (χ4n) is 2.28. The molecule has 0 saturated heterocycles. The van der Waals surface area contributed by atoms with Crippen molar-refractivity contribution in [2.75, 3.05) is 5.75 Å². The second-order valence-electron chi connectivity index (χ2n) is 5.56. The number of alkyl halides is 2. The van der Waals surface area contributed by atoms with Crippen molar-refractivity contribution in [3.05, 3.63) is 33.0 Å². The maximum Gasteiger partial charge on any atom is 0.388 e. The maximum atomic E-state index is 14.5. The molecule has 1 atom stereocenters. The van der Waals surface area contributed by atoms with Crippen LogP contribution in [0.1, 0.15) is 24.2 Å².